The predicted octanol–water partition coefficient (Wildman–Crippen LogP) is 3.28. The van der Waals surface area contributed by atoms with Crippen LogP contribution in [-0.4, -0.2) is 11.6 Å². The second-order valence-electron chi connectivity index (χ2n) is 3.46. The lowest BCUT2D eigenvalue weighted by atomic mass is 10.2. The molecule has 0 aliphatic rings. The summed E-state index contributed by atoms with van der Waals surface area (Å²) in [6, 6.07) is 1.65. The Hall–Kier alpha value is -0.960. The smallest absolute Gasteiger partial charge is 0.237 e. The molecule has 1 aromatic rings. The quantitative estimate of drug-likeness (QED) is 0.761. The number of ether oxygens (including phenoxy) is 1. The Balaban J connectivity index is 2.31. The molecule has 0 fully saturated rings. The molecule has 4 heteroatoms. The molecule has 3 nitrogen and oxygen atoms in total. The molecule has 1 aromatic heterocycles. The molecule has 0 aliphatic heterocycles. The van der Waals surface area contributed by atoms with Gasteiger partial charge < -0.3 is 10.5 Å². The van der Waals surface area contributed by atoms with Gasteiger partial charge in [0.2, 0.25) is 5.88 Å². The minimum absolute atomic E-state index is 0.482. The van der Waals surface area contributed by atoms with Gasteiger partial charge in [-0.1, -0.05) is 37.8 Å². The lowest BCUT2D eigenvalue weighted by Crippen LogP contribution is -2.02. The molecule has 0 saturated heterocycles. The molecule has 0 saturated carbocycles. The molecular formula is C11H17ClN2O. The van der Waals surface area contributed by atoms with Crippen LogP contribution >= 0.6 is 11.6 Å². The van der Waals surface area contributed by atoms with E-state index in [9.17, 15) is 0 Å². The van der Waals surface area contributed by atoms with Crippen molar-refractivity contribution in [2.75, 3.05) is 12.3 Å². The van der Waals surface area contributed by atoms with E-state index in [0.717, 1.165) is 6.42 Å². The van der Waals surface area contributed by atoms with E-state index in [0.29, 0.717) is 23.2 Å². The van der Waals surface area contributed by atoms with Gasteiger partial charge in [0, 0.05) is 6.20 Å². The minimum Gasteiger partial charge on any atom is -0.476 e. The van der Waals surface area contributed by atoms with Crippen LogP contribution in [0, 0.1) is 0 Å². The van der Waals surface area contributed by atoms with Crippen LogP contribution in [-0.2, 0) is 0 Å². The summed E-state index contributed by atoms with van der Waals surface area (Å²) >= 11 is 5.72. The third kappa shape index (κ3) is 4.38. The number of hydrogen-bond donors (Lipinski definition) is 1. The SMILES string of the molecule is CCCCCCOc1ncc(Cl)cc1N. The van der Waals surface area contributed by atoms with Crippen molar-refractivity contribution in [1.29, 1.82) is 0 Å². The summed E-state index contributed by atoms with van der Waals surface area (Å²) in [5.74, 6) is 0.482. The standard InChI is InChI=1S/C11H17ClN2O/c1-2-3-4-5-6-15-11-10(13)7-9(12)8-14-11/h7-8H,2-6,13H2,1H3. The maximum absolute atomic E-state index is 5.72. The second-order valence-corrected chi connectivity index (χ2v) is 3.89. The summed E-state index contributed by atoms with van der Waals surface area (Å²) < 4.78 is 5.44. The van der Waals surface area contributed by atoms with Crippen molar-refractivity contribution in [3.63, 3.8) is 0 Å². The Labute approximate surface area is 95.6 Å². The van der Waals surface area contributed by atoms with Crippen molar-refractivity contribution in [3.05, 3.63) is 17.3 Å². The maximum atomic E-state index is 5.72. The molecule has 84 valence electrons. The number of nitrogens with two attached hydrogens (primary N) is 1. The first-order valence-corrected chi connectivity index (χ1v) is 5.65. The maximum Gasteiger partial charge on any atom is 0.237 e. The van der Waals surface area contributed by atoms with Crippen LogP contribution in [0.3, 0.4) is 0 Å². The summed E-state index contributed by atoms with van der Waals surface area (Å²) in [5, 5.41) is 0.533. The number of halogens is 1. The number of nitrogen functional groups attached to an aromatic ring is 1. The lowest BCUT2D eigenvalue weighted by Gasteiger charge is -2.07. The minimum atomic E-state index is 0.482. The fourth-order valence-corrected chi connectivity index (χ4v) is 1.43. The monoisotopic (exact) mass is 228 g/mol. The van der Waals surface area contributed by atoms with Gasteiger partial charge in [-0.2, -0.15) is 0 Å². The molecular weight excluding hydrogens is 212 g/mol. The Morgan fingerprint density at radius 1 is 1.40 bits per heavy atom. The van der Waals surface area contributed by atoms with Crippen molar-refractivity contribution in [1.82, 2.24) is 4.98 Å². The fourth-order valence-electron chi connectivity index (χ4n) is 1.26. The van der Waals surface area contributed by atoms with Crippen LogP contribution in [0.15, 0.2) is 12.3 Å². The zero-order valence-electron chi connectivity index (χ0n) is 9.00. The average Bonchev–Trinajstić information content (AvgIpc) is 2.20. The summed E-state index contributed by atoms with van der Waals surface area (Å²) in [5.41, 5.74) is 6.19. The summed E-state index contributed by atoms with van der Waals surface area (Å²) in [4.78, 5) is 4.02. The van der Waals surface area contributed by atoms with Gasteiger partial charge >= 0.3 is 0 Å². The Morgan fingerprint density at radius 3 is 2.87 bits per heavy atom. The topological polar surface area (TPSA) is 48.1 Å². The van der Waals surface area contributed by atoms with Crippen LogP contribution in [0.2, 0.25) is 5.02 Å². The van der Waals surface area contributed by atoms with Crippen LogP contribution < -0.4 is 10.5 Å². The van der Waals surface area contributed by atoms with E-state index >= 15 is 0 Å². The Bertz CT molecular complexity index is 305. The molecule has 2 N–H and O–H groups in total. The van der Waals surface area contributed by atoms with E-state index in [1.54, 1.807) is 12.3 Å². The number of hydrogen-bond acceptors (Lipinski definition) is 3. The van der Waals surface area contributed by atoms with Gasteiger partial charge in [-0.3, -0.25) is 0 Å². The van der Waals surface area contributed by atoms with Crippen molar-refractivity contribution < 1.29 is 4.74 Å². The van der Waals surface area contributed by atoms with Gasteiger partial charge in [0.25, 0.3) is 0 Å². The van der Waals surface area contributed by atoms with Gasteiger partial charge in [-0.25, -0.2) is 4.98 Å². The molecule has 0 spiro atoms. The summed E-state index contributed by atoms with van der Waals surface area (Å²) in [6.45, 7) is 2.85. The zero-order chi connectivity index (χ0) is 11.1. The lowest BCUT2D eigenvalue weighted by molar-refractivity contribution is 0.295. The molecule has 1 rings (SSSR count). The van der Waals surface area contributed by atoms with Gasteiger partial charge in [0.1, 0.15) is 0 Å². The molecule has 1 heterocycles. The molecule has 0 aliphatic carbocycles. The normalized spacial score (nSPS) is 10.3. The Kier molecular flexibility index (Phi) is 5.26. The Morgan fingerprint density at radius 2 is 2.20 bits per heavy atom. The molecule has 0 amide bonds. The predicted molar refractivity (Wildman–Crippen MR) is 63.3 cm³/mol. The molecule has 0 radical (unpaired) electrons. The van der Waals surface area contributed by atoms with Crippen molar-refractivity contribution >= 4 is 17.3 Å². The first-order chi connectivity index (χ1) is 7.24. The highest BCUT2D eigenvalue weighted by molar-refractivity contribution is 6.30. The van der Waals surface area contributed by atoms with Gasteiger partial charge in [0.15, 0.2) is 0 Å². The molecule has 15 heavy (non-hydrogen) atoms. The number of nitrogens with zero attached hydrogens (tertiary/aromatic N) is 1. The van der Waals surface area contributed by atoms with Crippen molar-refractivity contribution in [2.24, 2.45) is 0 Å². The van der Waals surface area contributed by atoms with Crippen molar-refractivity contribution in [2.45, 2.75) is 32.6 Å². The fraction of sp³-hybridized carbons (Fsp3) is 0.545. The van der Waals surface area contributed by atoms with Crippen LogP contribution in [0.5, 0.6) is 5.88 Å². The van der Waals surface area contributed by atoms with E-state index < -0.39 is 0 Å². The highest BCUT2D eigenvalue weighted by Gasteiger charge is 2.02. The van der Waals surface area contributed by atoms with E-state index in [4.69, 9.17) is 22.1 Å². The van der Waals surface area contributed by atoms with Gasteiger partial charge in [0.05, 0.1) is 17.3 Å². The number of pyridine rings is 1. The second kappa shape index (κ2) is 6.51. The first kappa shape index (κ1) is 12.1. The summed E-state index contributed by atoms with van der Waals surface area (Å²) in [7, 11) is 0. The zero-order valence-corrected chi connectivity index (χ0v) is 9.76. The van der Waals surface area contributed by atoms with Crippen LogP contribution in [0.25, 0.3) is 0 Å². The van der Waals surface area contributed by atoms with Crippen LogP contribution in [0.4, 0.5) is 5.69 Å². The molecule has 0 unspecified atom stereocenters. The van der Waals surface area contributed by atoms with Gasteiger partial charge in [-0.05, 0) is 12.5 Å². The van der Waals surface area contributed by atoms with Crippen molar-refractivity contribution in [3.8, 4) is 5.88 Å². The molecule has 0 atom stereocenters. The van der Waals surface area contributed by atoms with E-state index in [1.165, 1.54) is 19.3 Å². The molecule has 0 bridgehead atoms. The molecule has 0 aromatic carbocycles. The van der Waals surface area contributed by atoms with Crippen LogP contribution in [0.1, 0.15) is 32.6 Å². The number of unbranched alkanes of at least 4 members (excludes halogenated alkanes) is 3. The largest absolute Gasteiger partial charge is 0.476 e. The summed E-state index contributed by atoms with van der Waals surface area (Å²) in [6.07, 6.45) is 6.23. The highest BCUT2D eigenvalue weighted by Crippen LogP contribution is 2.21. The van der Waals surface area contributed by atoms with E-state index in [2.05, 4.69) is 11.9 Å². The highest BCUT2D eigenvalue weighted by atomic mass is 35.5. The number of rotatable bonds is 6. The number of anilines is 1. The van der Waals surface area contributed by atoms with E-state index in [-0.39, 0.29) is 0 Å². The first-order valence-electron chi connectivity index (χ1n) is 5.28. The van der Waals surface area contributed by atoms with Gasteiger partial charge in [-0.15, -0.1) is 0 Å². The third-order valence-electron chi connectivity index (χ3n) is 2.08. The van der Waals surface area contributed by atoms with E-state index in [1.807, 2.05) is 0 Å². The average molecular weight is 229 g/mol. The number of aromatic nitrogens is 1. The third-order valence-corrected chi connectivity index (χ3v) is 2.29.